The Morgan fingerprint density at radius 1 is 1.38 bits per heavy atom. The van der Waals surface area contributed by atoms with E-state index in [1.807, 2.05) is 6.92 Å². The molecule has 0 aromatic heterocycles. The number of rotatable bonds is 8. The summed E-state index contributed by atoms with van der Waals surface area (Å²) >= 11 is 0. The number of halogens is 2. The van der Waals surface area contributed by atoms with Crippen molar-refractivity contribution in [3.63, 3.8) is 0 Å². The second-order valence-electron chi connectivity index (χ2n) is 2.77. The Bertz CT molecular complexity index is 114. The van der Waals surface area contributed by atoms with Gasteiger partial charge in [-0.25, -0.2) is 8.78 Å². The normalized spacial score (nSPS) is 11.5. The van der Waals surface area contributed by atoms with Crippen LogP contribution in [-0.4, -0.2) is 55.8 Å². The number of aliphatic hydroxyl groups is 1. The van der Waals surface area contributed by atoms with E-state index in [0.717, 1.165) is 6.54 Å². The van der Waals surface area contributed by atoms with Gasteiger partial charge in [-0.15, -0.1) is 0 Å². The van der Waals surface area contributed by atoms with Crippen molar-refractivity contribution in [1.29, 1.82) is 0 Å². The lowest BCUT2D eigenvalue weighted by atomic mass is 10.4. The third kappa shape index (κ3) is 8.08. The Morgan fingerprint density at radius 2 is 2.08 bits per heavy atom. The van der Waals surface area contributed by atoms with Crippen LogP contribution in [0.25, 0.3) is 0 Å². The van der Waals surface area contributed by atoms with Crippen molar-refractivity contribution in [3.05, 3.63) is 0 Å². The molecule has 80 valence electrons. The molecule has 2 N–H and O–H groups in total. The van der Waals surface area contributed by atoms with Crippen LogP contribution in [0.15, 0.2) is 0 Å². The van der Waals surface area contributed by atoms with Crippen molar-refractivity contribution in [3.8, 4) is 0 Å². The molecule has 0 aliphatic rings. The van der Waals surface area contributed by atoms with Gasteiger partial charge in [-0.2, -0.15) is 0 Å². The van der Waals surface area contributed by atoms with Gasteiger partial charge in [0.05, 0.1) is 13.2 Å². The Kier molecular flexibility index (Phi) is 8.18. The zero-order valence-corrected chi connectivity index (χ0v) is 7.97. The Morgan fingerprint density at radius 3 is 2.54 bits per heavy atom. The molecule has 0 unspecified atom stereocenters. The van der Waals surface area contributed by atoms with Gasteiger partial charge >= 0.3 is 0 Å². The number of hydrogen-bond donors (Lipinski definition) is 2. The van der Waals surface area contributed by atoms with Crippen molar-refractivity contribution >= 4 is 0 Å². The molecule has 5 heteroatoms. The van der Waals surface area contributed by atoms with Crippen LogP contribution in [0.3, 0.4) is 0 Å². The van der Waals surface area contributed by atoms with Crippen molar-refractivity contribution in [2.24, 2.45) is 0 Å². The monoisotopic (exact) mass is 196 g/mol. The van der Waals surface area contributed by atoms with E-state index in [0.29, 0.717) is 19.6 Å². The van der Waals surface area contributed by atoms with E-state index in [4.69, 9.17) is 5.11 Å². The molecule has 0 atom stereocenters. The van der Waals surface area contributed by atoms with Gasteiger partial charge in [0.15, 0.2) is 0 Å². The molecule has 13 heavy (non-hydrogen) atoms. The van der Waals surface area contributed by atoms with Crippen LogP contribution >= 0.6 is 0 Å². The maximum Gasteiger partial charge on any atom is 0.251 e. The van der Waals surface area contributed by atoms with Crippen molar-refractivity contribution < 1.29 is 13.9 Å². The van der Waals surface area contributed by atoms with Crippen LogP contribution in [0.2, 0.25) is 0 Å². The predicted octanol–water partition coefficient (Wildman–Crippen LogP) is 0.155. The summed E-state index contributed by atoms with van der Waals surface area (Å²) in [5, 5.41) is 11.6. The highest BCUT2D eigenvalue weighted by Gasteiger charge is 2.10. The second kappa shape index (κ2) is 8.34. The van der Waals surface area contributed by atoms with Gasteiger partial charge in [0.2, 0.25) is 0 Å². The first-order valence-electron chi connectivity index (χ1n) is 4.52. The number of likely N-dealkylation sites (N-methyl/N-ethyl adjacent to an activating group) is 1. The predicted molar refractivity (Wildman–Crippen MR) is 48.1 cm³/mol. The van der Waals surface area contributed by atoms with Gasteiger partial charge in [-0.1, -0.05) is 6.92 Å². The highest BCUT2D eigenvalue weighted by atomic mass is 19.3. The minimum absolute atomic E-state index is 0.0706. The van der Waals surface area contributed by atoms with Crippen LogP contribution < -0.4 is 5.32 Å². The lowest BCUT2D eigenvalue weighted by Crippen LogP contribution is -2.37. The lowest BCUT2D eigenvalue weighted by molar-refractivity contribution is 0.0789. The van der Waals surface area contributed by atoms with Gasteiger partial charge in [-0.05, 0) is 6.54 Å². The van der Waals surface area contributed by atoms with Crippen LogP contribution in [0, 0.1) is 0 Å². The molecule has 0 spiro atoms. The SMILES string of the molecule is CCNCCN(CCO)CC(F)F. The highest BCUT2D eigenvalue weighted by Crippen LogP contribution is 1.96. The van der Waals surface area contributed by atoms with Crippen LogP contribution in [0.4, 0.5) is 8.78 Å². The Balaban J connectivity index is 3.53. The minimum Gasteiger partial charge on any atom is -0.395 e. The third-order valence-electron chi connectivity index (χ3n) is 1.67. The summed E-state index contributed by atoms with van der Waals surface area (Å²) in [6.07, 6.45) is -2.33. The van der Waals surface area contributed by atoms with E-state index in [1.165, 1.54) is 0 Å². The Hall–Kier alpha value is -0.260. The van der Waals surface area contributed by atoms with Crippen molar-refractivity contribution in [1.82, 2.24) is 10.2 Å². The zero-order valence-electron chi connectivity index (χ0n) is 7.97. The number of nitrogens with one attached hydrogen (secondary N) is 1. The number of alkyl halides is 2. The van der Waals surface area contributed by atoms with Gasteiger partial charge in [0.25, 0.3) is 6.43 Å². The van der Waals surface area contributed by atoms with Crippen molar-refractivity contribution in [2.75, 3.05) is 39.3 Å². The van der Waals surface area contributed by atoms with E-state index < -0.39 is 6.43 Å². The molecule has 0 aliphatic carbocycles. The van der Waals surface area contributed by atoms with E-state index >= 15 is 0 Å². The molecule has 3 nitrogen and oxygen atoms in total. The molecule has 0 aromatic carbocycles. The third-order valence-corrected chi connectivity index (χ3v) is 1.67. The summed E-state index contributed by atoms with van der Waals surface area (Å²) in [5.74, 6) is 0. The summed E-state index contributed by atoms with van der Waals surface area (Å²) in [6, 6.07) is 0. The average molecular weight is 196 g/mol. The van der Waals surface area contributed by atoms with E-state index in [-0.39, 0.29) is 13.2 Å². The Labute approximate surface area is 77.7 Å². The zero-order chi connectivity index (χ0) is 10.1. The number of hydrogen-bond acceptors (Lipinski definition) is 3. The lowest BCUT2D eigenvalue weighted by Gasteiger charge is -2.20. The molecule has 0 saturated heterocycles. The fourth-order valence-electron chi connectivity index (χ4n) is 1.04. The van der Waals surface area contributed by atoms with Crippen LogP contribution in [-0.2, 0) is 0 Å². The summed E-state index contributed by atoms with van der Waals surface area (Å²) in [4.78, 5) is 1.55. The first-order valence-corrected chi connectivity index (χ1v) is 4.52. The molecular weight excluding hydrogens is 178 g/mol. The maximum absolute atomic E-state index is 12.0. The van der Waals surface area contributed by atoms with Crippen LogP contribution in [0.1, 0.15) is 6.92 Å². The molecule has 0 bridgehead atoms. The molecule has 0 aromatic rings. The largest absolute Gasteiger partial charge is 0.395 e. The fraction of sp³-hybridized carbons (Fsp3) is 1.00. The topological polar surface area (TPSA) is 35.5 Å². The highest BCUT2D eigenvalue weighted by molar-refractivity contribution is 4.60. The molecule has 0 fully saturated rings. The fourth-order valence-corrected chi connectivity index (χ4v) is 1.04. The van der Waals surface area contributed by atoms with E-state index in [1.54, 1.807) is 4.90 Å². The summed E-state index contributed by atoms with van der Waals surface area (Å²) in [7, 11) is 0. The van der Waals surface area contributed by atoms with Gasteiger partial charge in [0, 0.05) is 19.6 Å². The number of aliphatic hydroxyl groups excluding tert-OH is 1. The minimum atomic E-state index is -2.33. The molecule has 0 aliphatic heterocycles. The quantitative estimate of drug-likeness (QED) is 0.543. The van der Waals surface area contributed by atoms with Crippen LogP contribution in [0.5, 0.6) is 0 Å². The molecule has 0 heterocycles. The maximum atomic E-state index is 12.0. The van der Waals surface area contributed by atoms with E-state index in [9.17, 15) is 8.78 Å². The molecule has 0 amide bonds. The second-order valence-corrected chi connectivity index (χ2v) is 2.77. The van der Waals surface area contributed by atoms with Gasteiger partial charge in [0.1, 0.15) is 0 Å². The summed E-state index contributed by atoms with van der Waals surface area (Å²) in [6.45, 7) is 4.02. The first kappa shape index (κ1) is 12.7. The summed E-state index contributed by atoms with van der Waals surface area (Å²) < 4.78 is 23.9. The molecule has 0 radical (unpaired) electrons. The van der Waals surface area contributed by atoms with Crippen molar-refractivity contribution in [2.45, 2.75) is 13.3 Å². The smallest absolute Gasteiger partial charge is 0.251 e. The molecule has 0 rings (SSSR count). The van der Waals surface area contributed by atoms with E-state index in [2.05, 4.69) is 5.32 Å². The van der Waals surface area contributed by atoms with Gasteiger partial charge < -0.3 is 10.4 Å². The summed E-state index contributed by atoms with van der Waals surface area (Å²) in [5.41, 5.74) is 0. The first-order chi connectivity index (χ1) is 6.20. The van der Waals surface area contributed by atoms with Gasteiger partial charge in [-0.3, -0.25) is 4.90 Å². The number of nitrogens with zero attached hydrogens (tertiary/aromatic N) is 1. The average Bonchev–Trinajstić information content (AvgIpc) is 2.04. The molecular formula is C8H18F2N2O. The standard InChI is InChI=1S/C8H18F2N2O/c1-2-11-3-4-12(5-6-13)7-8(9)10/h8,11,13H,2-7H2,1H3. The molecule has 0 saturated carbocycles.